The second kappa shape index (κ2) is 7.46. The molecule has 1 atom stereocenters. The number of aromatic nitrogens is 1. The van der Waals surface area contributed by atoms with Gasteiger partial charge in [-0.3, -0.25) is 9.59 Å². The van der Waals surface area contributed by atoms with Crippen LogP contribution in [0, 0.1) is 0 Å². The van der Waals surface area contributed by atoms with E-state index < -0.39 is 6.10 Å². The summed E-state index contributed by atoms with van der Waals surface area (Å²) in [5.41, 5.74) is 3.87. The molecule has 1 saturated heterocycles. The number of benzene rings is 2. The van der Waals surface area contributed by atoms with Crippen molar-refractivity contribution in [2.75, 3.05) is 37.7 Å². The number of morpholine rings is 1. The van der Waals surface area contributed by atoms with Crippen molar-refractivity contribution in [3.8, 4) is 5.75 Å². The summed E-state index contributed by atoms with van der Waals surface area (Å²) in [5, 5.41) is 0. The Morgan fingerprint density at radius 2 is 1.93 bits per heavy atom. The van der Waals surface area contributed by atoms with Crippen molar-refractivity contribution in [3.63, 3.8) is 0 Å². The van der Waals surface area contributed by atoms with Crippen molar-refractivity contribution < 1.29 is 19.1 Å². The molecule has 0 N–H and O–H groups in total. The summed E-state index contributed by atoms with van der Waals surface area (Å²) in [5.74, 6) is 0.270. The molecule has 2 aliphatic rings. The Hall–Kier alpha value is -2.97. The highest BCUT2D eigenvalue weighted by molar-refractivity contribution is 7.16. The number of rotatable bonds is 2. The van der Waals surface area contributed by atoms with Gasteiger partial charge >= 0.3 is 0 Å². The van der Waals surface area contributed by atoms with Gasteiger partial charge in [-0.2, -0.15) is 0 Å². The number of thiazole rings is 1. The molecule has 0 spiro atoms. The zero-order valence-corrected chi connectivity index (χ0v) is 16.4. The third-order valence-corrected chi connectivity index (χ3v) is 5.99. The van der Waals surface area contributed by atoms with Gasteiger partial charge in [0.1, 0.15) is 5.75 Å². The Labute approximate surface area is 171 Å². The Bertz CT molecular complexity index is 1080. The topological polar surface area (TPSA) is 72.0 Å². The molecule has 3 aromatic rings. The van der Waals surface area contributed by atoms with Gasteiger partial charge in [0.25, 0.3) is 11.8 Å². The van der Waals surface area contributed by atoms with E-state index in [9.17, 15) is 9.59 Å². The molecule has 0 saturated carbocycles. The molecule has 1 aromatic heterocycles. The molecule has 2 aromatic carbocycles. The molecular weight excluding hydrogens is 390 g/mol. The summed E-state index contributed by atoms with van der Waals surface area (Å²) in [7, 11) is 0. The van der Waals surface area contributed by atoms with Crippen LogP contribution in [0.5, 0.6) is 5.75 Å². The van der Waals surface area contributed by atoms with E-state index >= 15 is 0 Å². The molecule has 3 heterocycles. The highest BCUT2D eigenvalue weighted by atomic mass is 32.1. The fourth-order valence-electron chi connectivity index (χ4n) is 3.69. The maximum absolute atomic E-state index is 13.4. The zero-order valence-electron chi connectivity index (χ0n) is 15.6. The first-order valence-corrected chi connectivity index (χ1v) is 10.4. The highest BCUT2D eigenvalue weighted by Crippen LogP contribution is 2.35. The number of amides is 2. The third-order valence-electron chi connectivity index (χ3n) is 5.20. The molecule has 29 heavy (non-hydrogen) atoms. The van der Waals surface area contributed by atoms with Crippen molar-refractivity contribution in [1.29, 1.82) is 0 Å². The lowest BCUT2D eigenvalue weighted by Gasteiger charge is -2.37. The van der Waals surface area contributed by atoms with Crippen molar-refractivity contribution in [1.82, 2.24) is 9.88 Å². The van der Waals surface area contributed by atoms with Crippen molar-refractivity contribution in [3.05, 3.63) is 53.5 Å². The summed E-state index contributed by atoms with van der Waals surface area (Å²) in [6.07, 6.45) is -0.737. The van der Waals surface area contributed by atoms with E-state index in [0.717, 1.165) is 10.2 Å². The molecule has 148 valence electrons. The van der Waals surface area contributed by atoms with Crippen LogP contribution in [0.15, 0.2) is 48.0 Å². The number of hydrogen-bond donors (Lipinski definition) is 0. The number of hydrogen-bond acceptors (Lipinski definition) is 6. The maximum Gasteiger partial charge on any atom is 0.265 e. The number of nitrogens with zero attached hydrogens (tertiary/aromatic N) is 3. The predicted molar refractivity (Wildman–Crippen MR) is 110 cm³/mol. The minimum atomic E-state index is -0.737. The van der Waals surface area contributed by atoms with Gasteiger partial charge in [-0.1, -0.05) is 12.1 Å². The van der Waals surface area contributed by atoms with Gasteiger partial charge in [-0.05, 0) is 30.3 Å². The summed E-state index contributed by atoms with van der Waals surface area (Å²) in [6.45, 7) is 2.29. The average molecular weight is 409 g/mol. The largest absolute Gasteiger partial charge is 0.476 e. The van der Waals surface area contributed by atoms with Crippen molar-refractivity contribution >= 4 is 39.1 Å². The first-order valence-electron chi connectivity index (χ1n) is 9.48. The zero-order chi connectivity index (χ0) is 19.8. The van der Waals surface area contributed by atoms with Gasteiger partial charge in [0.15, 0.2) is 6.10 Å². The number of para-hydroxylation sites is 2. The van der Waals surface area contributed by atoms with Crippen LogP contribution < -0.4 is 9.64 Å². The van der Waals surface area contributed by atoms with Crippen LogP contribution >= 0.6 is 11.3 Å². The van der Waals surface area contributed by atoms with Gasteiger partial charge in [-0.15, -0.1) is 11.3 Å². The summed E-state index contributed by atoms with van der Waals surface area (Å²) in [6, 6.07) is 12.8. The van der Waals surface area contributed by atoms with E-state index in [-0.39, 0.29) is 18.4 Å². The predicted octanol–water partition coefficient (Wildman–Crippen LogP) is 2.56. The highest BCUT2D eigenvalue weighted by Gasteiger charge is 2.36. The molecular formula is C21H19N3O4S. The maximum atomic E-state index is 13.4. The van der Waals surface area contributed by atoms with Crippen LogP contribution in [0.1, 0.15) is 10.4 Å². The molecule has 1 unspecified atom stereocenters. The minimum absolute atomic E-state index is 0.112. The van der Waals surface area contributed by atoms with E-state index in [0.29, 0.717) is 43.3 Å². The van der Waals surface area contributed by atoms with Crippen LogP contribution in [0.4, 0.5) is 5.69 Å². The standard InChI is InChI=1S/C21H19N3O4S/c25-20(14-5-6-15-19(11-14)29-13-22-15)24-12-18(21(26)23-7-9-27-10-8-23)28-17-4-2-1-3-16(17)24/h1-6,11,13,18H,7-10,12H2. The second-order valence-corrected chi connectivity index (χ2v) is 7.85. The lowest BCUT2D eigenvalue weighted by molar-refractivity contribution is -0.142. The van der Waals surface area contributed by atoms with Crippen molar-refractivity contribution in [2.45, 2.75) is 6.10 Å². The van der Waals surface area contributed by atoms with Gasteiger partial charge in [0.05, 0.1) is 41.2 Å². The molecule has 0 bridgehead atoms. The molecule has 5 rings (SSSR count). The van der Waals surface area contributed by atoms with E-state index in [2.05, 4.69) is 4.98 Å². The van der Waals surface area contributed by atoms with E-state index in [4.69, 9.17) is 9.47 Å². The van der Waals surface area contributed by atoms with Crippen LogP contribution in [0.25, 0.3) is 10.2 Å². The van der Waals surface area contributed by atoms with E-state index in [1.165, 1.54) is 11.3 Å². The third kappa shape index (κ3) is 3.34. The Morgan fingerprint density at radius 1 is 1.10 bits per heavy atom. The Morgan fingerprint density at radius 3 is 2.79 bits per heavy atom. The smallest absolute Gasteiger partial charge is 0.265 e. The number of anilines is 1. The number of fused-ring (bicyclic) bond motifs is 2. The average Bonchev–Trinajstić information content (AvgIpc) is 3.26. The molecule has 0 aliphatic carbocycles. The van der Waals surface area contributed by atoms with E-state index in [1.807, 2.05) is 30.3 Å². The second-order valence-electron chi connectivity index (χ2n) is 6.96. The minimum Gasteiger partial charge on any atom is -0.476 e. The summed E-state index contributed by atoms with van der Waals surface area (Å²) in [4.78, 5) is 34.0. The first kappa shape index (κ1) is 18.1. The van der Waals surface area contributed by atoms with Gasteiger partial charge in [0.2, 0.25) is 0 Å². The lowest BCUT2D eigenvalue weighted by Crippen LogP contribution is -2.54. The first-order chi connectivity index (χ1) is 14.2. The van der Waals surface area contributed by atoms with Crippen LogP contribution in [-0.4, -0.2) is 60.7 Å². The normalized spacial score (nSPS) is 19.0. The van der Waals surface area contributed by atoms with Gasteiger partial charge in [0, 0.05) is 18.7 Å². The monoisotopic (exact) mass is 409 g/mol. The van der Waals surface area contributed by atoms with Crippen LogP contribution in [0.3, 0.4) is 0 Å². The summed E-state index contributed by atoms with van der Waals surface area (Å²) < 4.78 is 12.3. The molecule has 8 heteroatoms. The molecule has 0 radical (unpaired) electrons. The molecule has 2 aliphatic heterocycles. The Kier molecular flexibility index (Phi) is 4.65. The molecule has 2 amide bonds. The lowest BCUT2D eigenvalue weighted by atomic mass is 10.1. The molecule has 1 fully saturated rings. The van der Waals surface area contributed by atoms with Crippen molar-refractivity contribution in [2.24, 2.45) is 0 Å². The molecule has 7 nitrogen and oxygen atoms in total. The quantitative estimate of drug-likeness (QED) is 0.651. The van der Waals surface area contributed by atoms with Crippen LogP contribution in [0.2, 0.25) is 0 Å². The van der Waals surface area contributed by atoms with Gasteiger partial charge < -0.3 is 19.3 Å². The Balaban J connectivity index is 1.47. The SMILES string of the molecule is O=C(C1CN(C(=O)c2ccc3ncsc3c2)c2ccccc2O1)N1CCOCC1. The van der Waals surface area contributed by atoms with E-state index in [1.54, 1.807) is 27.4 Å². The summed E-state index contributed by atoms with van der Waals surface area (Å²) >= 11 is 1.50. The number of carbonyl (C=O) groups excluding carboxylic acids is 2. The fourth-order valence-corrected chi connectivity index (χ4v) is 4.40. The van der Waals surface area contributed by atoms with Crippen LogP contribution in [-0.2, 0) is 9.53 Å². The fraction of sp³-hybridized carbons (Fsp3) is 0.286. The van der Waals surface area contributed by atoms with Gasteiger partial charge in [-0.25, -0.2) is 4.98 Å². The number of carbonyl (C=O) groups is 2. The number of ether oxygens (including phenoxy) is 2.